The Morgan fingerprint density at radius 1 is 0.968 bits per heavy atom. The molecular formula is C26H42ClNO3. The summed E-state index contributed by atoms with van der Waals surface area (Å²) in [6.07, 6.45) is 10.5. The number of nitrogens with one attached hydrogen (secondary N) is 1. The molecule has 0 radical (unpaired) electrons. The van der Waals surface area contributed by atoms with Gasteiger partial charge >= 0.3 is 5.97 Å². The molecule has 3 unspecified atom stereocenters. The first-order valence-corrected chi connectivity index (χ1v) is 13.1. The van der Waals surface area contributed by atoms with Crippen LogP contribution >= 0.6 is 11.8 Å². The van der Waals surface area contributed by atoms with E-state index in [0.717, 1.165) is 43.4 Å². The van der Waals surface area contributed by atoms with Crippen LogP contribution in [0.15, 0.2) is 0 Å². The maximum atomic E-state index is 12.6. The molecule has 4 aliphatic rings. The standard InChI is InChI=1S/C26H42ClNO3/c1-15(2)23(28-27)24(30)31-18-10-12-25(4)17(14-18)6-7-19-21-9-8-20(16(3)29)26(21,5)13-11-22(19)25/h15,17-23,28H,6-14H2,1-5H3/t17-,18-,19?,20-,21?,22?,23+,25+,26-/m1/s1. The van der Waals surface area contributed by atoms with Crippen molar-refractivity contribution in [1.82, 2.24) is 4.84 Å². The maximum absolute atomic E-state index is 12.6. The second-order valence-corrected chi connectivity index (χ2v) is 12.3. The highest BCUT2D eigenvalue weighted by Crippen LogP contribution is 2.67. The van der Waals surface area contributed by atoms with Crippen LogP contribution in [0.5, 0.6) is 0 Å². The normalized spacial score (nSPS) is 45.4. The number of rotatable bonds is 5. The predicted molar refractivity (Wildman–Crippen MR) is 123 cm³/mol. The number of carbonyl (C=O) groups is 2. The topological polar surface area (TPSA) is 55.4 Å². The molecular weight excluding hydrogens is 410 g/mol. The third-order valence-electron chi connectivity index (χ3n) is 10.4. The van der Waals surface area contributed by atoms with E-state index in [-0.39, 0.29) is 29.3 Å². The van der Waals surface area contributed by atoms with Gasteiger partial charge < -0.3 is 4.74 Å². The fraction of sp³-hybridized carbons (Fsp3) is 0.923. The minimum absolute atomic E-state index is 0.0239. The lowest BCUT2D eigenvalue weighted by Crippen LogP contribution is -2.54. The Morgan fingerprint density at radius 3 is 2.29 bits per heavy atom. The average Bonchev–Trinajstić information content (AvgIpc) is 3.06. The van der Waals surface area contributed by atoms with E-state index in [1.54, 1.807) is 0 Å². The van der Waals surface area contributed by atoms with Crippen LogP contribution in [0.4, 0.5) is 0 Å². The van der Waals surface area contributed by atoms with E-state index in [0.29, 0.717) is 17.1 Å². The molecule has 0 aliphatic heterocycles. The first kappa shape index (κ1) is 23.5. The zero-order chi connectivity index (χ0) is 22.6. The number of ether oxygens (including phenoxy) is 1. The SMILES string of the molecule is CC(=O)[C@H]1CCC2C3CC[C@@H]4C[C@H](OC(=O)[C@@H](NCl)C(C)C)CC[C@]4(C)C3CC[C@@]21C. The molecule has 4 fully saturated rings. The van der Waals surface area contributed by atoms with Gasteiger partial charge in [0.15, 0.2) is 0 Å². The Kier molecular flexibility index (Phi) is 6.55. The van der Waals surface area contributed by atoms with Crippen molar-refractivity contribution in [3.8, 4) is 0 Å². The molecule has 0 aromatic heterocycles. The molecule has 31 heavy (non-hydrogen) atoms. The van der Waals surface area contributed by atoms with E-state index in [4.69, 9.17) is 16.5 Å². The van der Waals surface area contributed by atoms with Crippen LogP contribution in [0.2, 0.25) is 0 Å². The quantitative estimate of drug-likeness (QED) is 0.416. The number of carbonyl (C=O) groups excluding carboxylic acids is 2. The zero-order valence-electron chi connectivity index (χ0n) is 20.1. The number of ketones is 1. The molecule has 4 aliphatic carbocycles. The maximum Gasteiger partial charge on any atom is 0.324 e. The molecule has 0 spiro atoms. The van der Waals surface area contributed by atoms with Crippen molar-refractivity contribution in [3.05, 3.63) is 0 Å². The lowest BCUT2D eigenvalue weighted by Gasteiger charge is -2.61. The highest BCUT2D eigenvalue weighted by atomic mass is 35.5. The number of hydrogen-bond acceptors (Lipinski definition) is 4. The monoisotopic (exact) mass is 451 g/mol. The average molecular weight is 452 g/mol. The highest BCUT2D eigenvalue weighted by Gasteiger charge is 2.61. The van der Waals surface area contributed by atoms with E-state index in [9.17, 15) is 9.59 Å². The summed E-state index contributed by atoms with van der Waals surface area (Å²) in [6, 6.07) is -0.446. The van der Waals surface area contributed by atoms with E-state index < -0.39 is 6.04 Å². The van der Waals surface area contributed by atoms with E-state index >= 15 is 0 Å². The van der Waals surface area contributed by atoms with Gasteiger partial charge in [-0.1, -0.05) is 27.7 Å². The zero-order valence-corrected chi connectivity index (χ0v) is 20.8. The largest absolute Gasteiger partial charge is 0.461 e. The van der Waals surface area contributed by atoms with Crippen molar-refractivity contribution in [2.24, 2.45) is 46.3 Å². The van der Waals surface area contributed by atoms with Crippen molar-refractivity contribution >= 4 is 23.5 Å². The van der Waals surface area contributed by atoms with Crippen molar-refractivity contribution in [3.63, 3.8) is 0 Å². The van der Waals surface area contributed by atoms with Crippen LogP contribution in [-0.2, 0) is 14.3 Å². The van der Waals surface area contributed by atoms with Crippen LogP contribution in [0.1, 0.15) is 92.4 Å². The molecule has 0 aromatic rings. The van der Waals surface area contributed by atoms with E-state index in [1.807, 2.05) is 20.8 Å². The van der Waals surface area contributed by atoms with E-state index in [2.05, 4.69) is 18.7 Å². The first-order chi connectivity index (χ1) is 14.6. The summed E-state index contributed by atoms with van der Waals surface area (Å²) >= 11 is 5.80. The Morgan fingerprint density at radius 2 is 1.65 bits per heavy atom. The molecule has 1 N–H and O–H groups in total. The fourth-order valence-corrected chi connectivity index (χ4v) is 9.01. The van der Waals surface area contributed by atoms with Crippen LogP contribution in [0.25, 0.3) is 0 Å². The van der Waals surface area contributed by atoms with Gasteiger partial charge in [0.2, 0.25) is 0 Å². The van der Waals surface area contributed by atoms with Crippen molar-refractivity contribution in [1.29, 1.82) is 0 Å². The second kappa shape index (κ2) is 8.63. The van der Waals surface area contributed by atoms with Gasteiger partial charge in [-0.3, -0.25) is 9.59 Å². The Labute approximate surface area is 193 Å². The number of Topliss-reactive ketones (excluding diaryl/α,β-unsaturated/α-hetero) is 1. The molecule has 0 heterocycles. The molecule has 0 bridgehead atoms. The number of esters is 1. The lowest BCUT2D eigenvalue weighted by atomic mass is 9.44. The van der Waals surface area contributed by atoms with Crippen LogP contribution in [0, 0.1) is 46.3 Å². The molecule has 9 atom stereocenters. The lowest BCUT2D eigenvalue weighted by molar-refractivity contribution is -0.165. The molecule has 4 saturated carbocycles. The van der Waals surface area contributed by atoms with Gasteiger partial charge in [0.25, 0.3) is 0 Å². The van der Waals surface area contributed by atoms with Crippen LogP contribution < -0.4 is 4.84 Å². The van der Waals surface area contributed by atoms with Crippen molar-refractivity contribution in [2.45, 2.75) is 105 Å². The molecule has 0 saturated heterocycles. The molecule has 4 rings (SSSR count). The van der Waals surface area contributed by atoms with Crippen molar-refractivity contribution < 1.29 is 14.3 Å². The molecule has 0 aromatic carbocycles. The third-order valence-corrected chi connectivity index (χ3v) is 10.7. The summed E-state index contributed by atoms with van der Waals surface area (Å²) in [5.41, 5.74) is 0.576. The fourth-order valence-electron chi connectivity index (χ4n) is 8.67. The highest BCUT2D eigenvalue weighted by molar-refractivity contribution is 6.14. The minimum atomic E-state index is -0.446. The third kappa shape index (κ3) is 3.88. The van der Waals surface area contributed by atoms with Gasteiger partial charge in [0.05, 0.1) is 0 Å². The molecule has 0 amide bonds. The van der Waals surface area contributed by atoms with Gasteiger partial charge in [-0.15, -0.1) is 0 Å². The Hall–Kier alpha value is -0.610. The van der Waals surface area contributed by atoms with Crippen molar-refractivity contribution in [2.75, 3.05) is 0 Å². The Balaban J connectivity index is 1.44. The summed E-state index contributed by atoms with van der Waals surface area (Å²) < 4.78 is 5.94. The van der Waals surface area contributed by atoms with Gasteiger partial charge in [-0.25, -0.2) is 4.84 Å². The summed E-state index contributed by atoms with van der Waals surface area (Å²) in [6.45, 7) is 10.7. The predicted octanol–water partition coefficient (Wildman–Crippen LogP) is 5.91. The summed E-state index contributed by atoms with van der Waals surface area (Å²) in [4.78, 5) is 27.5. The first-order valence-electron chi connectivity index (χ1n) is 12.7. The van der Waals surface area contributed by atoms with E-state index in [1.165, 1.54) is 32.1 Å². The van der Waals surface area contributed by atoms with Crippen LogP contribution in [-0.4, -0.2) is 23.9 Å². The smallest absolute Gasteiger partial charge is 0.324 e. The molecule has 5 heteroatoms. The summed E-state index contributed by atoms with van der Waals surface area (Å²) in [5.74, 6) is 3.48. The second-order valence-electron chi connectivity index (χ2n) is 12.1. The van der Waals surface area contributed by atoms with Gasteiger partial charge in [-0.05, 0) is 117 Å². The number of fused-ring (bicyclic) bond motifs is 5. The van der Waals surface area contributed by atoms with Crippen LogP contribution in [0.3, 0.4) is 0 Å². The molecule has 176 valence electrons. The summed E-state index contributed by atoms with van der Waals surface area (Å²) in [5, 5.41) is 0. The van der Waals surface area contributed by atoms with Gasteiger partial charge in [-0.2, -0.15) is 0 Å². The van der Waals surface area contributed by atoms with Gasteiger partial charge in [0.1, 0.15) is 17.9 Å². The number of halogens is 1. The van der Waals surface area contributed by atoms with Gasteiger partial charge in [0, 0.05) is 5.92 Å². The molecule has 4 nitrogen and oxygen atoms in total. The Bertz CT molecular complexity index is 711. The number of hydrogen-bond donors (Lipinski definition) is 1. The summed E-state index contributed by atoms with van der Waals surface area (Å²) in [7, 11) is 0. The minimum Gasteiger partial charge on any atom is -0.461 e.